The standard InChI is InChI=1S/C10H11BN2O2/c1-2-3-9(15)13-10-7(6-14)4-5-8(11)12-10/h4-6H,2-3H2,1H3,(H,12,13,15). The molecular weight excluding hydrogens is 191 g/mol. The van der Waals surface area contributed by atoms with Crippen molar-refractivity contribution >= 4 is 31.5 Å². The minimum absolute atomic E-state index is 0.168. The number of amides is 1. The van der Waals surface area contributed by atoms with Crippen molar-refractivity contribution in [1.29, 1.82) is 0 Å². The van der Waals surface area contributed by atoms with Crippen molar-refractivity contribution in [3.63, 3.8) is 0 Å². The quantitative estimate of drug-likeness (QED) is 0.568. The van der Waals surface area contributed by atoms with Gasteiger partial charge in [-0.3, -0.25) is 9.59 Å². The normalized spacial score (nSPS) is 9.67. The van der Waals surface area contributed by atoms with Gasteiger partial charge in [0.25, 0.3) is 0 Å². The number of carbonyl (C=O) groups is 2. The summed E-state index contributed by atoms with van der Waals surface area (Å²) >= 11 is 0. The van der Waals surface area contributed by atoms with Gasteiger partial charge in [0.15, 0.2) is 6.29 Å². The molecule has 1 aromatic heterocycles. The fraction of sp³-hybridized carbons (Fsp3) is 0.300. The Labute approximate surface area is 89.5 Å². The molecule has 0 saturated heterocycles. The summed E-state index contributed by atoms with van der Waals surface area (Å²) in [6.45, 7) is 1.90. The van der Waals surface area contributed by atoms with E-state index in [4.69, 9.17) is 7.85 Å². The molecule has 0 unspecified atom stereocenters. The average molecular weight is 202 g/mol. The van der Waals surface area contributed by atoms with Crippen molar-refractivity contribution in [3.8, 4) is 0 Å². The van der Waals surface area contributed by atoms with Gasteiger partial charge in [0.2, 0.25) is 5.91 Å². The zero-order chi connectivity index (χ0) is 11.3. The van der Waals surface area contributed by atoms with E-state index in [1.54, 1.807) is 0 Å². The van der Waals surface area contributed by atoms with Gasteiger partial charge in [-0.1, -0.05) is 13.0 Å². The first kappa shape index (κ1) is 11.4. The average Bonchev–Trinajstić information content (AvgIpc) is 2.18. The second-order valence-electron chi connectivity index (χ2n) is 3.09. The molecule has 76 valence electrons. The van der Waals surface area contributed by atoms with Crippen LogP contribution in [-0.2, 0) is 4.79 Å². The van der Waals surface area contributed by atoms with E-state index in [0.717, 1.165) is 6.42 Å². The number of nitrogens with one attached hydrogen (secondary N) is 1. The van der Waals surface area contributed by atoms with Crippen LogP contribution in [0.3, 0.4) is 0 Å². The van der Waals surface area contributed by atoms with Gasteiger partial charge in [0.1, 0.15) is 13.7 Å². The summed E-state index contributed by atoms with van der Waals surface area (Å²) in [6, 6.07) is 3.04. The van der Waals surface area contributed by atoms with Crippen LogP contribution in [0.1, 0.15) is 30.1 Å². The maximum atomic E-state index is 11.3. The number of hydrogen-bond acceptors (Lipinski definition) is 3. The van der Waals surface area contributed by atoms with Crippen molar-refractivity contribution in [1.82, 2.24) is 4.98 Å². The molecule has 1 N–H and O–H groups in total. The van der Waals surface area contributed by atoms with Crippen LogP contribution in [0, 0.1) is 0 Å². The lowest BCUT2D eigenvalue weighted by molar-refractivity contribution is -0.116. The van der Waals surface area contributed by atoms with Crippen molar-refractivity contribution in [2.75, 3.05) is 5.32 Å². The van der Waals surface area contributed by atoms with Crippen LogP contribution >= 0.6 is 0 Å². The van der Waals surface area contributed by atoms with Crippen molar-refractivity contribution in [2.24, 2.45) is 0 Å². The number of carbonyl (C=O) groups excluding carboxylic acids is 2. The predicted molar refractivity (Wildman–Crippen MR) is 58.6 cm³/mol. The summed E-state index contributed by atoms with van der Waals surface area (Å²) < 4.78 is 0. The molecule has 0 bridgehead atoms. The second-order valence-corrected chi connectivity index (χ2v) is 3.09. The molecule has 0 aliphatic heterocycles. The Kier molecular flexibility index (Phi) is 4.03. The Hall–Kier alpha value is -1.65. The molecule has 1 aromatic rings. The Morgan fingerprint density at radius 1 is 1.60 bits per heavy atom. The van der Waals surface area contributed by atoms with Gasteiger partial charge in [-0.2, -0.15) is 0 Å². The molecule has 0 aromatic carbocycles. The highest BCUT2D eigenvalue weighted by molar-refractivity contribution is 6.30. The smallest absolute Gasteiger partial charge is 0.225 e. The molecule has 5 heteroatoms. The highest BCUT2D eigenvalue weighted by atomic mass is 16.1. The summed E-state index contributed by atoms with van der Waals surface area (Å²) in [4.78, 5) is 25.8. The Balaban J connectivity index is 2.87. The van der Waals surface area contributed by atoms with Crippen molar-refractivity contribution < 1.29 is 9.59 Å². The first-order valence-corrected chi connectivity index (χ1v) is 4.69. The summed E-state index contributed by atoms with van der Waals surface area (Å²) in [5.41, 5.74) is 0.598. The van der Waals surface area contributed by atoms with E-state index in [2.05, 4.69) is 10.3 Å². The Bertz CT molecular complexity index is 380. The Morgan fingerprint density at radius 3 is 2.93 bits per heavy atom. The first-order chi connectivity index (χ1) is 7.17. The van der Waals surface area contributed by atoms with Gasteiger partial charge in [-0.15, -0.1) is 0 Å². The van der Waals surface area contributed by atoms with Crippen molar-refractivity contribution in [2.45, 2.75) is 19.8 Å². The zero-order valence-electron chi connectivity index (χ0n) is 8.49. The van der Waals surface area contributed by atoms with Crippen LogP contribution in [0.15, 0.2) is 12.1 Å². The molecule has 2 radical (unpaired) electrons. The molecule has 1 rings (SSSR count). The Morgan fingerprint density at radius 2 is 2.33 bits per heavy atom. The van der Waals surface area contributed by atoms with Gasteiger partial charge >= 0.3 is 0 Å². The third-order valence-electron chi connectivity index (χ3n) is 1.81. The monoisotopic (exact) mass is 202 g/mol. The van der Waals surface area contributed by atoms with E-state index in [9.17, 15) is 9.59 Å². The predicted octanol–water partition coefficient (Wildman–Crippen LogP) is 0.426. The van der Waals surface area contributed by atoms with Crippen LogP contribution in [-0.4, -0.2) is 25.0 Å². The van der Waals surface area contributed by atoms with E-state index in [-0.39, 0.29) is 17.3 Å². The number of aromatic nitrogens is 1. The van der Waals surface area contributed by atoms with Crippen LogP contribution in [0.4, 0.5) is 5.82 Å². The third-order valence-corrected chi connectivity index (χ3v) is 1.81. The first-order valence-electron chi connectivity index (χ1n) is 4.69. The fourth-order valence-electron chi connectivity index (χ4n) is 1.10. The summed E-state index contributed by atoms with van der Waals surface area (Å²) in [7, 11) is 5.45. The van der Waals surface area contributed by atoms with E-state index in [1.807, 2.05) is 6.92 Å². The lowest BCUT2D eigenvalue weighted by Crippen LogP contribution is -2.18. The van der Waals surface area contributed by atoms with Crippen LogP contribution in [0.2, 0.25) is 0 Å². The van der Waals surface area contributed by atoms with Crippen LogP contribution in [0.5, 0.6) is 0 Å². The minimum atomic E-state index is -0.168. The maximum Gasteiger partial charge on any atom is 0.225 e. The van der Waals surface area contributed by atoms with E-state index < -0.39 is 0 Å². The van der Waals surface area contributed by atoms with Crippen molar-refractivity contribution in [3.05, 3.63) is 17.7 Å². The highest BCUT2D eigenvalue weighted by Gasteiger charge is 2.06. The molecule has 0 aliphatic carbocycles. The van der Waals surface area contributed by atoms with Crippen LogP contribution in [0.25, 0.3) is 0 Å². The molecular formula is C10H11BN2O2. The van der Waals surface area contributed by atoms with E-state index in [0.29, 0.717) is 18.3 Å². The molecule has 1 amide bonds. The van der Waals surface area contributed by atoms with Crippen LogP contribution < -0.4 is 10.9 Å². The lowest BCUT2D eigenvalue weighted by atomic mass is 10.0. The van der Waals surface area contributed by atoms with Gasteiger partial charge in [0.05, 0.1) is 5.56 Å². The molecule has 0 spiro atoms. The largest absolute Gasteiger partial charge is 0.310 e. The van der Waals surface area contributed by atoms with Gasteiger partial charge in [-0.05, 0) is 18.1 Å². The summed E-state index contributed by atoms with van der Waals surface area (Å²) in [6.07, 6.45) is 1.77. The molecule has 0 atom stereocenters. The zero-order valence-corrected chi connectivity index (χ0v) is 8.49. The highest BCUT2D eigenvalue weighted by Crippen LogP contribution is 2.07. The second kappa shape index (κ2) is 5.29. The molecule has 4 nitrogen and oxygen atoms in total. The molecule has 1 heterocycles. The van der Waals surface area contributed by atoms with Gasteiger partial charge in [0, 0.05) is 6.42 Å². The number of nitrogens with zero attached hydrogens (tertiary/aromatic N) is 1. The van der Waals surface area contributed by atoms with Gasteiger partial charge in [-0.25, -0.2) is 4.98 Å². The van der Waals surface area contributed by atoms with E-state index >= 15 is 0 Å². The minimum Gasteiger partial charge on any atom is -0.310 e. The number of rotatable bonds is 4. The number of aldehydes is 1. The summed E-state index contributed by atoms with van der Waals surface area (Å²) in [5.74, 6) is 0.0575. The lowest BCUT2D eigenvalue weighted by Gasteiger charge is -2.06. The maximum absolute atomic E-state index is 11.3. The number of anilines is 1. The molecule has 15 heavy (non-hydrogen) atoms. The topological polar surface area (TPSA) is 59.1 Å². The molecule has 0 aliphatic rings. The molecule has 0 saturated carbocycles. The van der Waals surface area contributed by atoms with Gasteiger partial charge < -0.3 is 5.32 Å². The number of hydrogen-bond donors (Lipinski definition) is 1. The van der Waals surface area contributed by atoms with E-state index in [1.165, 1.54) is 12.1 Å². The molecule has 0 fully saturated rings. The number of pyridine rings is 1. The third kappa shape index (κ3) is 3.20. The summed E-state index contributed by atoms with van der Waals surface area (Å²) in [5, 5.41) is 2.54. The SMILES string of the molecule is [B]c1ccc(C=O)c(NC(=O)CCC)n1. The fourth-order valence-corrected chi connectivity index (χ4v) is 1.10.